The molecule has 0 aliphatic carbocycles. The van der Waals surface area contributed by atoms with Gasteiger partial charge in [-0.1, -0.05) is 0 Å². The van der Waals surface area contributed by atoms with E-state index in [1.807, 2.05) is 0 Å². The van der Waals surface area contributed by atoms with Crippen molar-refractivity contribution < 1.29 is 23.7 Å². The van der Waals surface area contributed by atoms with Crippen molar-refractivity contribution in [3.8, 4) is 0 Å². The molecule has 0 spiro atoms. The van der Waals surface area contributed by atoms with Crippen LogP contribution in [0.5, 0.6) is 0 Å². The van der Waals surface area contributed by atoms with Gasteiger partial charge in [0.2, 0.25) is 0 Å². The molecule has 6 nitrogen and oxygen atoms in total. The van der Waals surface area contributed by atoms with Gasteiger partial charge >= 0.3 is 72.9 Å². The molecule has 0 bridgehead atoms. The first-order chi connectivity index (χ1) is 3.95. The monoisotopic (exact) mass is 203 g/mol. The second kappa shape index (κ2) is 8.19. The average Bonchev–Trinajstić information content (AvgIpc) is 1.62. The number of phosphoric ester groups is 1. The number of hydrogen-bond donors (Lipinski definition) is 3. The SMILES string of the molecule is NCC(=O)OP(=O)(O)O.[NaH].[NaH]. The summed E-state index contributed by atoms with van der Waals surface area (Å²) in [5.74, 6) is -1.12. The van der Waals surface area contributed by atoms with Gasteiger partial charge < -0.3 is 10.3 Å². The molecule has 0 fully saturated rings. The number of rotatable bonds is 2. The standard InChI is InChI=1S/C2H6NO5P.2Na.2H/c3-1-2(4)8-9(5,6)7;;;;/h1,3H2,(H2,5,6,7);;;;. The van der Waals surface area contributed by atoms with E-state index in [4.69, 9.17) is 9.79 Å². The number of carbonyl (C=O) groups excluding carboxylic acids is 1. The van der Waals surface area contributed by atoms with Crippen molar-refractivity contribution in [2.75, 3.05) is 6.54 Å². The molecule has 0 aliphatic heterocycles. The van der Waals surface area contributed by atoms with E-state index in [2.05, 4.69) is 10.3 Å². The van der Waals surface area contributed by atoms with E-state index >= 15 is 0 Å². The predicted octanol–water partition coefficient (Wildman–Crippen LogP) is -2.72. The molecule has 4 N–H and O–H groups in total. The molecule has 9 heteroatoms. The van der Waals surface area contributed by atoms with Crippen LogP contribution in [-0.4, -0.2) is 81.4 Å². The van der Waals surface area contributed by atoms with E-state index in [0.29, 0.717) is 0 Å². The third-order valence-corrected chi connectivity index (χ3v) is 0.829. The van der Waals surface area contributed by atoms with Crippen LogP contribution in [0.1, 0.15) is 0 Å². The summed E-state index contributed by atoms with van der Waals surface area (Å²) < 4.78 is 13.3. The summed E-state index contributed by atoms with van der Waals surface area (Å²) in [5.41, 5.74) is 4.66. The Morgan fingerprint density at radius 3 is 1.91 bits per heavy atom. The summed E-state index contributed by atoms with van der Waals surface area (Å²) in [7, 11) is -4.67. The molecule has 0 unspecified atom stereocenters. The van der Waals surface area contributed by atoms with E-state index in [-0.39, 0.29) is 59.1 Å². The fourth-order valence-electron chi connectivity index (χ4n) is 0.170. The van der Waals surface area contributed by atoms with E-state index in [1.54, 1.807) is 0 Å². The molecular weight excluding hydrogens is 195 g/mol. The fourth-order valence-corrected chi connectivity index (χ4v) is 0.510. The Balaban J connectivity index is -0.000000320. The molecule has 0 saturated heterocycles. The zero-order chi connectivity index (χ0) is 7.49. The molecule has 58 valence electrons. The van der Waals surface area contributed by atoms with Gasteiger partial charge in [0.15, 0.2) is 0 Å². The van der Waals surface area contributed by atoms with Crippen molar-refractivity contribution in [2.45, 2.75) is 0 Å². The van der Waals surface area contributed by atoms with E-state index in [9.17, 15) is 9.36 Å². The molecule has 0 rings (SSSR count). The van der Waals surface area contributed by atoms with Crippen molar-refractivity contribution in [3.63, 3.8) is 0 Å². The zero-order valence-electron chi connectivity index (χ0n) is 4.35. The van der Waals surface area contributed by atoms with Crippen LogP contribution in [0, 0.1) is 0 Å². The normalized spacial score (nSPS) is 9.00. The summed E-state index contributed by atoms with van der Waals surface area (Å²) in [4.78, 5) is 25.9. The van der Waals surface area contributed by atoms with Crippen molar-refractivity contribution in [1.29, 1.82) is 0 Å². The fraction of sp³-hybridized carbons (Fsp3) is 0.500. The molecule has 0 amide bonds. The summed E-state index contributed by atoms with van der Waals surface area (Å²) in [6.07, 6.45) is 0. The molecule has 0 aromatic rings. The summed E-state index contributed by atoms with van der Waals surface area (Å²) >= 11 is 0. The van der Waals surface area contributed by atoms with Gasteiger partial charge in [-0.3, -0.25) is 14.6 Å². The number of nitrogens with two attached hydrogens (primary N) is 1. The first-order valence-corrected chi connectivity index (χ1v) is 3.47. The molecule has 0 aromatic carbocycles. The van der Waals surface area contributed by atoms with Gasteiger partial charge in [0.25, 0.3) is 0 Å². The second-order valence-corrected chi connectivity index (χ2v) is 2.32. The first-order valence-electron chi connectivity index (χ1n) is 1.94. The minimum absolute atomic E-state index is 0. The predicted molar refractivity (Wildman–Crippen MR) is 41.5 cm³/mol. The third kappa shape index (κ3) is 14.4. The summed E-state index contributed by atoms with van der Waals surface area (Å²) in [5, 5.41) is 0. The summed E-state index contributed by atoms with van der Waals surface area (Å²) in [6, 6.07) is 0. The molecule has 0 saturated carbocycles. The Kier molecular flexibility index (Phi) is 13.7. The average molecular weight is 203 g/mol. The maximum atomic E-state index is 9.99. The van der Waals surface area contributed by atoms with Crippen molar-refractivity contribution >= 4 is 72.9 Å². The van der Waals surface area contributed by atoms with Crippen LogP contribution in [0.4, 0.5) is 0 Å². The Labute approximate surface area is 108 Å². The summed E-state index contributed by atoms with van der Waals surface area (Å²) in [6.45, 7) is -0.537. The van der Waals surface area contributed by atoms with Crippen LogP contribution in [0.3, 0.4) is 0 Å². The molecule has 0 atom stereocenters. The maximum absolute atomic E-state index is 9.99. The second-order valence-electron chi connectivity index (χ2n) is 1.16. The van der Waals surface area contributed by atoms with Gasteiger partial charge in [-0.2, -0.15) is 0 Å². The van der Waals surface area contributed by atoms with Crippen LogP contribution in [0.2, 0.25) is 0 Å². The van der Waals surface area contributed by atoms with Crippen molar-refractivity contribution in [2.24, 2.45) is 5.73 Å². The van der Waals surface area contributed by atoms with Crippen LogP contribution in [-0.2, 0) is 13.9 Å². The van der Waals surface area contributed by atoms with Crippen LogP contribution in [0.15, 0.2) is 0 Å². The van der Waals surface area contributed by atoms with Gasteiger partial charge in [0.05, 0.1) is 6.54 Å². The topological polar surface area (TPSA) is 110 Å². The molecule has 0 aliphatic rings. The van der Waals surface area contributed by atoms with Gasteiger partial charge in [0, 0.05) is 0 Å². The first kappa shape index (κ1) is 18.4. The van der Waals surface area contributed by atoms with Crippen molar-refractivity contribution in [1.82, 2.24) is 0 Å². The van der Waals surface area contributed by atoms with Gasteiger partial charge in [-0.15, -0.1) is 0 Å². The van der Waals surface area contributed by atoms with Crippen LogP contribution in [0.25, 0.3) is 0 Å². The van der Waals surface area contributed by atoms with Gasteiger partial charge in [-0.25, -0.2) is 4.57 Å². The number of phosphoric acid groups is 1. The third-order valence-electron chi connectivity index (χ3n) is 0.387. The number of carbonyl (C=O) groups is 1. The minimum atomic E-state index is -4.67. The molecule has 0 heterocycles. The molecule has 0 aromatic heterocycles. The van der Waals surface area contributed by atoms with Crippen molar-refractivity contribution in [3.05, 3.63) is 0 Å². The van der Waals surface area contributed by atoms with Crippen LogP contribution < -0.4 is 5.73 Å². The van der Waals surface area contributed by atoms with E-state index in [1.165, 1.54) is 0 Å². The van der Waals surface area contributed by atoms with E-state index < -0.39 is 20.3 Å². The quantitative estimate of drug-likeness (QED) is 0.332. The number of hydrogen-bond acceptors (Lipinski definition) is 4. The van der Waals surface area contributed by atoms with Gasteiger partial charge in [-0.05, 0) is 0 Å². The van der Waals surface area contributed by atoms with Gasteiger partial charge in [0.1, 0.15) is 0 Å². The molecular formula is C2H8NNa2O5P. The Bertz CT molecular complexity index is 157. The van der Waals surface area contributed by atoms with E-state index in [0.717, 1.165) is 0 Å². The zero-order valence-corrected chi connectivity index (χ0v) is 5.25. The Morgan fingerprint density at radius 1 is 1.45 bits per heavy atom. The molecule has 11 heavy (non-hydrogen) atoms. The Morgan fingerprint density at radius 2 is 1.82 bits per heavy atom. The van der Waals surface area contributed by atoms with Crippen LogP contribution >= 0.6 is 7.82 Å². The Hall–Kier alpha value is 1.58. The molecule has 0 radical (unpaired) electrons.